The lowest BCUT2D eigenvalue weighted by atomic mass is 10.0. The Morgan fingerprint density at radius 3 is 2.25 bits per heavy atom. The predicted molar refractivity (Wildman–Crippen MR) is 61.1 cm³/mol. The number of hydrogen-bond donors (Lipinski definition) is 1. The van der Waals surface area contributed by atoms with Gasteiger partial charge in [-0.2, -0.15) is 0 Å². The number of unbranched alkanes of at least 4 members (excludes halogenated alkanes) is 4. The second kappa shape index (κ2) is 9.19. The maximum Gasteiger partial charge on any atom is 0.308 e. The summed E-state index contributed by atoms with van der Waals surface area (Å²) >= 11 is 0. The van der Waals surface area contributed by atoms with Gasteiger partial charge in [0.15, 0.2) is 0 Å². The van der Waals surface area contributed by atoms with Gasteiger partial charge < -0.3 is 9.84 Å². The van der Waals surface area contributed by atoms with E-state index >= 15 is 0 Å². The summed E-state index contributed by atoms with van der Waals surface area (Å²) in [5, 5.41) is 8.43. The van der Waals surface area contributed by atoms with Crippen LogP contribution in [0.15, 0.2) is 0 Å². The first kappa shape index (κ1) is 14.9. The normalized spacial score (nSPS) is 12.1. The van der Waals surface area contributed by atoms with Crippen molar-refractivity contribution in [2.45, 2.75) is 51.9 Å². The number of esters is 1. The van der Waals surface area contributed by atoms with Crippen molar-refractivity contribution in [3.05, 3.63) is 0 Å². The van der Waals surface area contributed by atoms with Crippen LogP contribution in [0.4, 0.5) is 0 Å². The molecule has 1 N–H and O–H groups in total. The topological polar surface area (TPSA) is 63.6 Å². The van der Waals surface area contributed by atoms with E-state index in [0.717, 1.165) is 38.5 Å². The van der Waals surface area contributed by atoms with Crippen molar-refractivity contribution in [3.8, 4) is 0 Å². The summed E-state index contributed by atoms with van der Waals surface area (Å²) in [5.74, 6) is -0.894. The molecule has 0 heterocycles. The molecule has 0 fully saturated rings. The molecule has 1 unspecified atom stereocenters. The molecule has 94 valence electrons. The minimum atomic E-state index is -0.723. The molecule has 0 rings (SSSR count). The van der Waals surface area contributed by atoms with Crippen molar-refractivity contribution in [1.82, 2.24) is 0 Å². The van der Waals surface area contributed by atoms with E-state index in [-0.39, 0.29) is 18.3 Å². The first-order valence-corrected chi connectivity index (χ1v) is 5.87. The van der Waals surface area contributed by atoms with Crippen LogP contribution >= 0.6 is 0 Å². The van der Waals surface area contributed by atoms with Crippen LogP contribution in [0.3, 0.4) is 0 Å². The molecular formula is C12H22O4. The minimum absolute atomic E-state index is 0.0241. The average molecular weight is 230 g/mol. The van der Waals surface area contributed by atoms with E-state index in [9.17, 15) is 9.59 Å². The molecule has 0 aromatic heterocycles. The Kier molecular flexibility index (Phi) is 8.58. The zero-order valence-corrected chi connectivity index (χ0v) is 10.2. The number of methoxy groups -OCH3 is 1. The minimum Gasteiger partial charge on any atom is -0.481 e. The summed E-state index contributed by atoms with van der Waals surface area (Å²) in [6.45, 7) is 1.87. The third-order valence-electron chi connectivity index (χ3n) is 2.63. The summed E-state index contributed by atoms with van der Waals surface area (Å²) < 4.78 is 4.63. The summed E-state index contributed by atoms with van der Waals surface area (Å²) in [6.07, 6.45) is 5.93. The van der Waals surface area contributed by atoms with Crippen LogP contribution in [0.1, 0.15) is 51.9 Å². The molecule has 0 aliphatic carbocycles. The molecule has 0 saturated carbocycles. The SMILES string of the molecule is COC(=O)C(C)CCCCCCCC(=O)O. The molecule has 0 aromatic carbocycles. The first-order chi connectivity index (χ1) is 7.57. The molecule has 0 aromatic rings. The molecule has 4 nitrogen and oxygen atoms in total. The van der Waals surface area contributed by atoms with Crippen LogP contribution in [0.25, 0.3) is 0 Å². The van der Waals surface area contributed by atoms with Gasteiger partial charge in [0.05, 0.1) is 13.0 Å². The molecule has 16 heavy (non-hydrogen) atoms. The maximum absolute atomic E-state index is 11.1. The van der Waals surface area contributed by atoms with Gasteiger partial charge >= 0.3 is 11.9 Å². The average Bonchev–Trinajstić information content (AvgIpc) is 2.25. The summed E-state index contributed by atoms with van der Waals surface area (Å²) in [6, 6.07) is 0. The quantitative estimate of drug-likeness (QED) is 0.488. The lowest BCUT2D eigenvalue weighted by Crippen LogP contribution is -2.12. The van der Waals surface area contributed by atoms with Crippen LogP contribution in [-0.2, 0) is 14.3 Å². The first-order valence-electron chi connectivity index (χ1n) is 5.87. The predicted octanol–water partition coefficient (Wildman–Crippen LogP) is 2.61. The van der Waals surface area contributed by atoms with Gasteiger partial charge in [0.25, 0.3) is 0 Å². The van der Waals surface area contributed by atoms with E-state index in [0.29, 0.717) is 0 Å². The summed E-state index contributed by atoms with van der Waals surface area (Å²) in [4.78, 5) is 21.3. The van der Waals surface area contributed by atoms with Crippen molar-refractivity contribution in [1.29, 1.82) is 0 Å². The van der Waals surface area contributed by atoms with Crippen molar-refractivity contribution < 1.29 is 19.4 Å². The third-order valence-corrected chi connectivity index (χ3v) is 2.63. The van der Waals surface area contributed by atoms with Crippen molar-refractivity contribution in [2.24, 2.45) is 5.92 Å². The van der Waals surface area contributed by atoms with Gasteiger partial charge in [-0.1, -0.05) is 32.6 Å². The Balaban J connectivity index is 3.27. The molecule has 0 bridgehead atoms. The smallest absolute Gasteiger partial charge is 0.308 e. The van der Waals surface area contributed by atoms with E-state index < -0.39 is 5.97 Å². The Morgan fingerprint density at radius 1 is 1.12 bits per heavy atom. The van der Waals surface area contributed by atoms with E-state index in [1.54, 1.807) is 0 Å². The Morgan fingerprint density at radius 2 is 1.69 bits per heavy atom. The maximum atomic E-state index is 11.1. The van der Waals surface area contributed by atoms with E-state index in [1.165, 1.54) is 7.11 Å². The number of carboxylic acids is 1. The Labute approximate surface area is 97.0 Å². The molecule has 1 atom stereocenters. The van der Waals surface area contributed by atoms with Crippen LogP contribution in [0.5, 0.6) is 0 Å². The zero-order chi connectivity index (χ0) is 12.4. The van der Waals surface area contributed by atoms with Gasteiger partial charge in [0.2, 0.25) is 0 Å². The summed E-state index contributed by atoms with van der Waals surface area (Å²) in [5.41, 5.74) is 0. The third kappa shape index (κ3) is 8.26. The Hall–Kier alpha value is -1.06. The molecule has 0 aliphatic rings. The fourth-order valence-electron chi connectivity index (χ4n) is 1.58. The molecule has 0 amide bonds. The summed E-state index contributed by atoms with van der Waals surface area (Å²) in [7, 11) is 1.41. The van der Waals surface area contributed by atoms with E-state index in [4.69, 9.17) is 5.11 Å². The molecule has 4 heteroatoms. The monoisotopic (exact) mass is 230 g/mol. The number of carbonyl (C=O) groups excluding carboxylic acids is 1. The number of carboxylic acid groups (broad SMARTS) is 1. The highest BCUT2D eigenvalue weighted by Crippen LogP contribution is 2.12. The van der Waals surface area contributed by atoms with Gasteiger partial charge in [0, 0.05) is 6.42 Å². The standard InChI is InChI=1S/C12H22O4/c1-10(12(15)16-2)8-6-4-3-5-7-9-11(13)14/h10H,3-9H2,1-2H3,(H,13,14). The highest BCUT2D eigenvalue weighted by Gasteiger charge is 2.11. The van der Waals surface area contributed by atoms with Crippen LogP contribution < -0.4 is 0 Å². The van der Waals surface area contributed by atoms with E-state index in [1.807, 2.05) is 6.92 Å². The lowest BCUT2D eigenvalue weighted by Gasteiger charge is -2.08. The fraction of sp³-hybridized carbons (Fsp3) is 0.833. The van der Waals surface area contributed by atoms with Crippen molar-refractivity contribution >= 4 is 11.9 Å². The van der Waals surface area contributed by atoms with Crippen LogP contribution in [0, 0.1) is 5.92 Å². The zero-order valence-electron chi connectivity index (χ0n) is 10.2. The number of ether oxygens (including phenoxy) is 1. The lowest BCUT2D eigenvalue weighted by molar-refractivity contribution is -0.145. The van der Waals surface area contributed by atoms with Crippen molar-refractivity contribution in [2.75, 3.05) is 7.11 Å². The van der Waals surface area contributed by atoms with Gasteiger partial charge in [-0.25, -0.2) is 0 Å². The highest BCUT2D eigenvalue weighted by molar-refractivity contribution is 5.71. The second-order valence-electron chi connectivity index (χ2n) is 4.12. The van der Waals surface area contributed by atoms with Gasteiger partial charge in [-0.15, -0.1) is 0 Å². The molecule has 0 aliphatic heterocycles. The number of carbonyl (C=O) groups is 2. The molecule has 0 spiro atoms. The molecule has 0 saturated heterocycles. The van der Waals surface area contributed by atoms with Crippen LogP contribution in [0.2, 0.25) is 0 Å². The largest absolute Gasteiger partial charge is 0.481 e. The molecular weight excluding hydrogens is 208 g/mol. The number of aliphatic carboxylic acids is 1. The fourth-order valence-corrected chi connectivity index (χ4v) is 1.58. The van der Waals surface area contributed by atoms with Gasteiger partial charge in [-0.3, -0.25) is 9.59 Å². The number of rotatable bonds is 9. The Bertz CT molecular complexity index is 213. The van der Waals surface area contributed by atoms with Crippen LogP contribution in [-0.4, -0.2) is 24.2 Å². The molecule has 0 radical (unpaired) electrons. The van der Waals surface area contributed by atoms with Crippen molar-refractivity contribution in [3.63, 3.8) is 0 Å². The second-order valence-corrected chi connectivity index (χ2v) is 4.12. The van der Waals surface area contributed by atoms with Gasteiger partial charge in [-0.05, 0) is 12.8 Å². The van der Waals surface area contributed by atoms with Gasteiger partial charge in [0.1, 0.15) is 0 Å². The number of hydrogen-bond acceptors (Lipinski definition) is 3. The van der Waals surface area contributed by atoms with E-state index in [2.05, 4.69) is 4.74 Å². The highest BCUT2D eigenvalue weighted by atomic mass is 16.5.